The molecular formula is C17H18N2O5S. The van der Waals surface area contributed by atoms with E-state index >= 15 is 0 Å². The van der Waals surface area contributed by atoms with Crippen molar-refractivity contribution in [1.82, 2.24) is 4.31 Å². The number of hydrogen-bond acceptors (Lipinski definition) is 5. The van der Waals surface area contributed by atoms with Crippen LogP contribution in [0.5, 0.6) is 5.75 Å². The summed E-state index contributed by atoms with van der Waals surface area (Å²) in [6, 6.07) is 12.3. The Hall–Kier alpha value is -2.45. The predicted octanol–water partition coefficient (Wildman–Crippen LogP) is 3.13. The summed E-state index contributed by atoms with van der Waals surface area (Å²) < 4.78 is 32.6. The highest BCUT2D eigenvalue weighted by atomic mass is 32.2. The molecule has 7 nitrogen and oxygen atoms in total. The van der Waals surface area contributed by atoms with E-state index in [0.29, 0.717) is 25.1 Å². The number of methoxy groups -OCH3 is 1. The molecule has 8 heteroatoms. The van der Waals surface area contributed by atoms with Gasteiger partial charge in [-0.2, -0.15) is 4.31 Å². The number of ether oxygens (including phenoxy) is 1. The normalized spacial score (nSPS) is 18.2. The molecule has 0 aliphatic carbocycles. The molecule has 1 fully saturated rings. The molecule has 1 aliphatic heterocycles. The number of benzene rings is 2. The number of hydrogen-bond donors (Lipinski definition) is 0. The molecule has 0 aromatic heterocycles. The second kappa shape index (κ2) is 6.81. The Morgan fingerprint density at radius 3 is 2.48 bits per heavy atom. The zero-order valence-electron chi connectivity index (χ0n) is 13.7. The Balaban J connectivity index is 2.00. The van der Waals surface area contributed by atoms with Gasteiger partial charge in [-0.25, -0.2) is 8.42 Å². The highest BCUT2D eigenvalue weighted by Crippen LogP contribution is 2.38. The van der Waals surface area contributed by atoms with Crippen molar-refractivity contribution in [2.24, 2.45) is 0 Å². The lowest BCUT2D eigenvalue weighted by atomic mass is 10.1. The molecule has 0 radical (unpaired) electrons. The Bertz CT molecular complexity index is 880. The van der Waals surface area contributed by atoms with E-state index in [0.717, 1.165) is 5.56 Å². The molecule has 2 aromatic rings. The first kappa shape index (κ1) is 17.4. The molecule has 0 spiro atoms. The maximum Gasteiger partial charge on any atom is 0.289 e. The standard InChI is InChI=1S/C17H18N2O5S/c1-24-14-10-8-13(9-11-14)15-6-4-12-18(15)25(22,23)17-7-3-2-5-16(17)19(20)21/h2-3,5,7-11,15H,4,6,12H2,1H3/t15-/m1/s1. The predicted molar refractivity (Wildman–Crippen MR) is 92.0 cm³/mol. The minimum Gasteiger partial charge on any atom is -0.497 e. The van der Waals surface area contributed by atoms with Gasteiger partial charge in [0.1, 0.15) is 5.75 Å². The molecule has 3 rings (SSSR count). The van der Waals surface area contributed by atoms with Gasteiger partial charge in [0.25, 0.3) is 5.69 Å². The fraction of sp³-hybridized carbons (Fsp3) is 0.294. The number of para-hydroxylation sites is 1. The molecule has 132 valence electrons. The van der Waals surface area contributed by atoms with Crippen molar-refractivity contribution in [3.05, 3.63) is 64.2 Å². The molecule has 1 aliphatic rings. The van der Waals surface area contributed by atoms with Gasteiger partial charge >= 0.3 is 0 Å². The molecule has 1 atom stereocenters. The van der Waals surface area contributed by atoms with Crippen LogP contribution in [0.4, 0.5) is 5.69 Å². The summed E-state index contributed by atoms with van der Waals surface area (Å²) in [4.78, 5) is 10.3. The molecule has 0 N–H and O–H groups in total. The van der Waals surface area contributed by atoms with E-state index in [-0.39, 0.29) is 10.9 Å². The van der Waals surface area contributed by atoms with Crippen molar-refractivity contribution >= 4 is 15.7 Å². The number of sulfonamides is 1. The van der Waals surface area contributed by atoms with E-state index in [4.69, 9.17) is 4.74 Å². The molecule has 0 saturated carbocycles. The highest BCUT2D eigenvalue weighted by Gasteiger charge is 2.39. The Labute approximate surface area is 146 Å². The summed E-state index contributed by atoms with van der Waals surface area (Å²) in [6.07, 6.45) is 1.38. The molecule has 1 heterocycles. The van der Waals surface area contributed by atoms with Crippen LogP contribution in [0.1, 0.15) is 24.4 Å². The van der Waals surface area contributed by atoms with Gasteiger partial charge in [0, 0.05) is 12.6 Å². The third-order valence-electron chi connectivity index (χ3n) is 4.35. The molecule has 1 saturated heterocycles. The van der Waals surface area contributed by atoms with E-state index < -0.39 is 20.6 Å². The van der Waals surface area contributed by atoms with Gasteiger partial charge in [0.15, 0.2) is 4.90 Å². The lowest BCUT2D eigenvalue weighted by Crippen LogP contribution is -2.31. The topological polar surface area (TPSA) is 89.8 Å². The minimum atomic E-state index is -3.97. The van der Waals surface area contributed by atoms with Gasteiger partial charge in [0.2, 0.25) is 10.0 Å². The first-order valence-electron chi connectivity index (χ1n) is 7.84. The van der Waals surface area contributed by atoms with Crippen LogP contribution in [0.3, 0.4) is 0 Å². The van der Waals surface area contributed by atoms with E-state index in [1.807, 2.05) is 12.1 Å². The summed E-state index contributed by atoms with van der Waals surface area (Å²) >= 11 is 0. The molecular weight excluding hydrogens is 344 g/mol. The van der Waals surface area contributed by atoms with Crippen LogP contribution in [-0.4, -0.2) is 31.3 Å². The molecule has 0 amide bonds. The summed E-state index contributed by atoms with van der Waals surface area (Å²) in [5, 5.41) is 11.2. The van der Waals surface area contributed by atoms with Crippen molar-refractivity contribution < 1.29 is 18.1 Å². The average Bonchev–Trinajstić information content (AvgIpc) is 3.12. The van der Waals surface area contributed by atoms with E-state index in [9.17, 15) is 18.5 Å². The molecule has 25 heavy (non-hydrogen) atoms. The number of nitrogens with zero attached hydrogens (tertiary/aromatic N) is 2. The van der Waals surface area contributed by atoms with Gasteiger partial charge in [0.05, 0.1) is 18.1 Å². The van der Waals surface area contributed by atoms with Crippen molar-refractivity contribution in [2.75, 3.05) is 13.7 Å². The largest absolute Gasteiger partial charge is 0.497 e. The Morgan fingerprint density at radius 1 is 1.16 bits per heavy atom. The van der Waals surface area contributed by atoms with Crippen molar-refractivity contribution in [1.29, 1.82) is 0 Å². The van der Waals surface area contributed by atoms with Crippen LogP contribution >= 0.6 is 0 Å². The third-order valence-corrected chi connectivity index (χ3v) is 6.31. The van der Waals surface area contributed by atoms with Gasteiger partial charge in [-0.05, 0) is 36.6 Å². The maximum atomic E-state index is 13.1. The lowest BCUT2D eigenvalue weighted by Gasteiger charge is -2.24. The lowest BCUT2D eigenvalue weighted by molar-refractivity contribution is -0.387. The fourth-order valence-electron chi connectivity index (χ4n) is 3.14. The van der Waals surface area contributed by atoms with Gasteiger partial charge < -0.3 is 4.74 Å². The third kappa shape index (κ3) is 3.22. The molecule has 0 unspecified atom stereocenters. The molecule has 0 bridgehead atoms. The average molecular weight is 362 g/mol. The summed E-state index contributed by atoms with van der Waals surface area (Å²) in [5.41, 5.74) is 0.448. The number of rotatable bonds is 5. The first-order valence-corrected chi connectivity index (χ1v) is 9.28. The SMILES string of the molecule is COc1ccc([C@H]2CCCN2S(=O)(=O)c2ccccc2[N+](=O)[O-])cc1. The maximum absolute atomic E-state index is 13.1. The van der Waals surface area contributed by atoms with E-state index in [1.165, 1.54) is 28.6 Å². The van der Waals surface area contributed by atoms with E-state index in [1.54, 1.807) is 19.2 Å². The molecule has 2 aromatic carbocycles. The smallest absolute Gasteiger partial charge is 0.289 e. The number of nitro groups is 1. The fourth-order valence-corrected chi connectivity index (χ4v) is 4.98. The van der Waals surface area contributed by atoms with Crippen molar-refractivity contribution in [2.45, 2.75) is 23.8 Å². The minimum absolute atomic E-state index is 0.264. The van der Waals surface area contributed by atoms with Gasteiger partial charge in [-0.3, -0.25) is 10.1 Å². The summed E-state index contributed by atoms with van der Waals surface area (Å²) in [6.45, 7) is 0.338. The van der Waals surface area contributed by atoms with Crippen molar-refractivity contribution in [3.63, 3.8) is 0 Å². The Morgan fingerprint density at radius 2 is 1.84 bits per heavy atom. The summed E-state index contributed by atoms with van der Waals surface area (Å²) in [5.74, 6) is 0.690. The second-order valence-corrected chi connectivity index (χ2v) is 7.63. The van der Waals surface area contributed by atoms with Crippen molar-refractivity contribution in [3.8, 4) is 5.75 Å². The monoisotopic (exact) mass is 362 g/mol. The summed E-state index contributed by atoms with van der Waals surface area (Å²) in [7, 11) is -2.40. The van der Waals surface area contributed by atoms with Crippen LogP contribution in [0.2, 0.25) is 0 Å². The van der Waals surface area contributed by atoms with Crippen LogP contribution in [0.15, 0.2) is 53.4 Å². The van der Waals surface area contributed by atoms with Gasteiger partial charge in [-0.1, -0.05) is 24.3 Å². The zero-order chi connectivity index (χ0) is 18.0. The number of nitro benzene ring substituents is 1. The quantitative estimate of drug-likeness (QED) is 0.602. The second-order valence-electron chi connectivity index (χ2n) is 5.77. The zero-order valence-corrected chi connectivity index (χ0v) is 14.5. The highest BCUT2D eigenvalue weighted by molar-refractivity contribution is 7.89. The van der Waals surface area contributed by atoms with Crippen LogP contribution in [0, 0.1) is 10.1 Å². The van der Waals surface area contributed by atoms with Crippen LogP contribution in [-0.2, 0) is 10.0 Å². The van der Waals surface area contributed by atoms with E-state index in [2.05, 4.69) is 0 Å². The Kier molecular flexibility index (Phi) is 4.73. The van der Waals surface area contributed by atoms with Crippen LogP contribution < -0.4 is 4.74 Å². The first-order chi connectivity index (χ1) is 11.9. The van der Waals surface area contributed by atoms with Crippen LogP contribution in [0.25, 0.3) is 0 Å². The van der Waals surface area contributed by atoms with Gasteiger partial charge in [-0.15, -0.1) is 0 Å².